The molecule has 0 spiro atoms. The van der Waals surface area contributed by atoms with Gasteiger partial charge in [0, 0.05) is 5.56 Å². The Hall–Kier alpha value is -2.03. The molecule has 10 heteroatoms. The number of hydroxylamine groups is 1. The molecule has 0 radical (unpaired) electrons. The highest BCUT2D eigenvalue weighted by molar-refractivity contribution is 5.64. The average Bonchev–Trinajstić information content (AvgIpc) is 2.43. The lowest BCUT2D eigenvalue weighted by molar-refractivity contribution is -0.376. The molecule has 0 unspecified atom stereocenters. The Morgan fingerprint density at radius 2 is 1.56 bits per heavy atom. The Balaban J connectivity index is 3.64. The Morgan fingerprint density at radius 1 is 1.12 bits per heavy atom. The van der Waals surface area contributed by atoms with Gasteiger partial charge in [-0.1, -0.05) is 12.1 Å². The first-order chi connectivity index (χ1) is 11.3. The van der Waals surface area contributed by atoms with E-state index in [2.05, 4.69) is 0 Å². The van der Waals surface area contributed by atoms with Crippen molar-refractivity contribution in [3.05, 3.63) is 35.0 Å². The monoisotopic (exact) mass is 371 g/mol. The van der Waals surface area contributed by atoms with Gasteiger partial charge < -0.3 is 5.11 Å². The van der Waals surface area contributed by atoms with Gasteiger partial charge in [0.2, 0.25) is 0 Å². The molecule has 25 heavy (non-hydrogen) atoms. The molecule has 0 fully saturated rings. The predicted molar refractivity (Wildman–Crippen MR) is 76.3 cm³/mol. The van der Waals surface area contributed by atoms with Crippen molar-refractivity contribution >= 4 is 11.6 Å². The second-order valence-corrected chi connectivity index (χ2v) is 5.16. The number of aliphatic hydroxyl groups is 1. The molecule has 0 saturated carbocycles. The van der Waals surface area contributed by atoms with Gasteiger partial charge in [-0.15, -0.1) is 0 Å². The lowest BCUT2D eigenvalue weighted by Gasteiger charge is -2.34. The van der Waals surface area contributed by atoms with Gasteiger partial charge >= 0.3 is 12.4 Å². The zero-order valence-electron chi connectivity index (χ0n) is 13.4. The summed E-state index contributed by atoms with van der Waals surface area (Å²) in [6.07, 6.45) is -11.2. The van der Waals surface area contributed by atoms with Crippen molar-refractivity contribution in [2.24, 2.45) is 0 Å². The molecule has 0 aliphatic rings. The first kappa shape index (κ1) is 21.0. The number of rotatable bonds is 5. The van der Waals surface area contributed by atoms with Crippen molar-refractivity contribution in [3.63, 3.8) is 0 Å². The average molecular weight is 371 g/mol. The van der Waals surface area contributed by atoms with E-state index in [9.17, 15) is 36.2 Å². The van der Waals surface area contributed by atoms with Crippen LogP contribution in [0.1, 0.15) is 23.6 Å². The number of anilines is 1. The van der Waals surface area contributed by atoms with Crippen molar-refractivity contribution in [1.29, 1.82) is 0 Å². The van der Waals surface area contributed by atoms with Gasteiger partial charge in [-0.05, 0) is 31.9 Å². The predicted octanol–water partition coefficient (Wildman–Crippen LogP) is 3.72. The summed E-state index contributed by atoms with van der Waals surface area (Å²) in [5.41, 5.74) is -6.47. The lowest BCUT2D eigenvalue weighted by atomic mass is 9.89. The molecule has 0 aliphatic carbocycles. The molecular weight excluding hydrogens is 356 g/mol. The van der Waals surface area contributed by atoms with Crippen LogP contribution in [0.2, 0.25) is 0 Å². The van der Waals surface area contributed by atoms with Crippen LogP contribution >= 0.6 is 0 Å². The molecule has 0 saturated heterocycles. The molecular formula is C15H15F6NO3. The Morgan fingerprint density at radius 3 is 1.88 bits per heavy atom. The van der Waals surface area contributed by atoms with Crippen molar-refractivity contribution in [3.8, 4) is 0 Å². The van der Waals surface area contributed by atoms with E-state index in [1.54, 1.807) is 6.92 Å². The fraction of sp³-hybridized carbons (Fsp3) is 0.467. The number of nitrogens with zero attached hydrogens (tertiary/aromatic N) is 1. The molecule has 0 heterocycles. The van der Waals surface area contributed by atoms with Crippen LogP contribution in [-0.4, -0.2) is 30.0 Å². The van der Waals surface area contributed by atoms with Crippen LogP contribution in [0.5, 0.6) is 0 Å². The van der Waals surface area contributed by atoms with Gasteiger partial charge in [0.05, 0.1) is 12.3 Å². The van der Waals surface area contributed by atoms with E-state index < -0.39 is 23.5 Å². The van der Waals surface area contributed by atoms with Crippen LogP contribution in [0.25, 0.3) is 0 Å². The SMILES string of the molecule is CCON(C=C=O)c1c(C)cc(C(O)(C(F)(F)F)C(F)(F)F)cc1C. The van der Waals surface area contributed by atoms with E-state index in [4.69, 9.17) is 4.84 Å². The molecule has 0 atom stereocenters. The standard InChI is InChI=1S/C15H15F6NO3/c1-4-25-22(5-6-23)12-9(2)7-11(8-10(12)3)13(24,14(16,17)18)15(19,20)21/h5,7-8,24H,4H2,1-3H3. The normalized spacial score (nSPS) is 12.7. The highest BCUT2D eigenvalue weighted by Crippen LogP contribution is 2.50. The fourth-order valence-corrected chi connectivity index (χ4v) is 2.35. The van der Waals surface area contributed by atoms with E-state index in [0.717, 1.165) is 11.3 Å². The fourth-order valence-electron chi connectivity index (χ4n) is 2.35. The third-order valence-corrected chi connectivity index (χ3v) is 3.39. The number of carbonyl (C=O) groups excluding carboxylic acids is 1. The van der Waals surface area contributed by atoms with Crippen LogP contribution < -0.4 is 5.06 Å². The molecule has 1 aromatic rings. The third-order valence-electron chi connectivity index (χ3n) is 3.39. The van der Waals surface area contributed by atoms with Crippen molar-refractivity contribution in [2.45, 2.75) is 38.7 Å². The lowest BCUT2D eigenvalue weighted by Crippen LogP contribution is -2.54. The Kier molecular flexibility index (Phi) is 5.94. The highest BCUT2D eigenvalue weighted by Gasteiger charge is 2.71. The highest BCUT2D eigenvalue weighted by atomic mass is 19.4. The molecule has 0 bridgehead atoms. The summed E-state index contributed by atoms with van der Waals surface area (Å²) in [7, 11) is 0. The minimum absolute atomic E-state index is 0.0677. The maximum Gasteiger partial charge on any atom is 0.430 e. The van der Waals surface area contributed by atoms with Gasteiger partial charge in [-0.25, -0.2) is 9.86 Å². The minimum Gasteiger partial charge on any atom is -0.369 e. The smallest absolute Gasteiger partial charge is 0.369 e. The molecule has 1 N–H and O–H groups in total. The molecule has 1 aromatic carbocycles. The van der Waals surface area contributed by atoms with Crippen LogP contribution in [0.15, 0.2) is 18.3 Å². The maximum atomic E-state index is 13.0. The number of aryl methyl sites for hydroxylation is 2. The number of alkyl halides is 6. The van der Waals surface area contributed by atoms with Crippen LogP contribution in [0.3, 0.4) is 0 Å². The summed E-state index contributed by atoms with van der Waals surface area (Å²) < 4.78 is 77.9. The molecule has 0 amide bonds. The maximum absolute atomic E-state index is 13.0. The van der Waals surface area contributed by atoms with Crippen molar-refractivity contribution in [2.75, 3.05) is 11.7 Å². The summed E-state index contributed by atoms with van der Waals surface area (Å²) in [6.45, 7) is 4.10. The summed E-state index contributed by atoms with van der Waals surface area (Å²) in [4.78, 5) is 15.6. The summed E-state index contributed by atoms with van der Waals surface area (Å²) in [5.74, 6) is 1.42. The first-order valence-corrected chi connectivity index (χ1v) is 6.92. The molecule has 4 nitrogen and oxygen atoms in total. The first-order valence-electron chi connectivity index (χ1n) is 6.92. The van der Waals surface area contributed by atoms with Crippen LogP contribution in [0, 0.1) is 13.8 Å². The Bertz CT molecular complexity index is 640. The van der Waals surface area contributed by atoms with Crippen molar-refractivity contribution in [1.82, 2.24) is 0 Å². The van der Waals surface area contributed by atoms with E-state index in [-0.39, 0.29) is 23.4 Å². The number of hydrogen-bond donors (Lipinski definition) is 1. The molecule has 0 aliphatic heterocycles. The van der Waals surface area contributed by atoms with E-state index in [0.29, 0.717) is 12.1 Å². The summed E-state index contributed by atoms with van der Waals surface area (Å²) in [5, 5.41) is 10.4. The molecule has 140 valence electrons. The second kappa shape index (κ2) is 7.07. The van der Waals surface area contributed by atoms with E-state index >= 15 is 0 Å². The quantitative estimate of drug-likeness (QED) is 0.487. The zero-order valence-corrected chi connectivity index (χ0v) is 13.4. The summed E-state index contributed by atoms with van der Waals surface area (Å²) >= 11 is 0. The number of hydrogen-bond acceptors (Lipinski definition) is 4. The van der Waals surface area contributed by atoms with Gasteiger partial charge in [0.15, 0.2) is 0 Å². The van der Waals surface area contributed by atoms with Gasteiger partial charge in [-0.3, -0.25) is 4.84 Å². The van der Waals surface area contributed by atoms with E-state index in [1.807, 2.05) is 0 Å². The zero-order chi connectivity index (χ0) is 19.6. The number of benzene rings is 1. The van der Waals surface area contributed by atoms with E-state index in [1.165, 1.54) is 19.8 Å². The second-order valence-electron chi connectivity index (χ2n) is 5.16. The number of halogens is 6. The van der Waals surface area contributed by atoms with Crippen molar-refractivity contribution < 1.29 is 41.1 Å². The topological polar surface area (TPSA) is 49.8 Å². The summed E-state index contributed by atoms with van der Waals surface area (Å²) in [6, 6.07) is 1.10. The largest absolute Gasteiger partial charge is 0.430 e. The van der Waals surface area contributed by atoms with Gasteiger partial charge in [-0.2, -0.15) is 26.3 Å². The third kappa shape index (κ3) is 3.81. The molecule has 0 aromatic heterocycles. The van der Waals surface area contributed by atoms with Gasteiger partial charge in [0.25, 0.3) is 5.60 Å². The minimum atomic E-state index is -5.98. The van der Waals surface area contributed by atoms with Gasteiger partial charge in [0.1, 0.15) is 12.1 Å². The van der Waals surface area contributed by atoms with Crippen LogP contribution in [-0.2, 0) is 15.2 Å². The molecule has 1 rings (SSSR count). The van der Waals surface area contributed by atoms with Crippen LogP contribution in [0.4, 0.5) is 32.0 Å². The Labute approximate surface area is 139 Å².